The molecule has 0 spiro atoms. The second kappa shape index (κ2) is 10.8. The lowest BCUT2D eigenvalue weighted by molar-refractivity contribution is 0.221. The lowest BCUT2D eigenvalue weighted by atomic mass is 10.1. The predicted octanol–water partition coefficient (Wildman–Crippen LogP) is 6.51. The van der Waals surface area contributed by atoms with Gasteiger partial charge in [0, 0.05) is 16.3 Å². The molecule has 1 aliphatic heterocycles. The highest BCUT2D eigenvalue weighted by Gasteiger charge is 2.09. The summed E-state index contributed by atoms with van der Waals surface area (Å²) in [6.07, 6.45) is 4.19. The van der Waals surface area contributed by atoms with Crippen LogP contribution in [0.1, 0.15) is 24.8 Å². The Morgan fingerprint density at radius 1 is 0.577 bits per heavy atom. The average Bonchev–Trinajstić information content (AvgIpc) is 2.72. The SMILES string of the molecule is c1ccc(CN2CCCCC2)cc1.c1ccc(Sc2ccccc2)cc1. The summed E-state index contributed by atoms with van der Waals surface area (Å²) in [5, 5.41) is 0. The number of likely N-dealkylation sites (tertiary alicyclic amines) is 1. The molecule has 26 heavy (non-hydrogen) atoms. The number of nitrogens with zero attached hydrogens (tertiary/aromatic N) is 1. The zero-order valence-electron chi connectivity index (χ0n) is 15.3. The van der Waals surface area contributed by atoms with Gasteiger partial charge in [-0.1, -0.05) is 84.9 Å². The van der Waals surface area contributed by atoms with Crippen LogP contribution >= 0.6 is 11.8 Å². The molecule has 0 radical (unpaired) electrons. The fourth-order valence-corrected chi connectivity index (χ4v) is 3.93. The van der Waals surface area contributed by atoms with Crippen LogP contribution in [0.5, 0.6) is 0 Å². The summed E-state index contributed by atoms with van der Waals surface area (Å²) in [4.78, 5) is 5.13. The van der Waals surface area contributed by atoms with Gasteiger partial charge in [-0.25, -0.2) is 0 Å². The largest absolute Gasteiger partial charge is 0.299 e. The Labute approximate surface area is 162 Å². The smallest absolute Gasteiger partial charge is 0.0233 e. The molecule has 0 amide bonds. The molecule has 4 rings (SSSR count). The van der Waals surface area contributed by atoms with E-state index in [1.54, 1.807) is 11.8 Å². The van der Waals surface area contributed by atoms with Gasteiger partial charge >= 0.3 is 0 Å². The molecule has 1 heterocycles. The van der Waals surface area contributed by atoms with E-state index in [1.807, 2.05) is 12.1 Å². The normalized spacial score (nSPS) is 14.3. The van der Waals surface area contributed by atoms with Gasteiger partial charge in [0.15, 0.2) is 0 Å². The zero-order chi connectivity index (χ0) is 17.9. The highest BCUT2D eigenvalue weighted by Crippen LogP contribution is 2.26. The maximum Gasteiger partial charge on any atom is 0.0233 e. The van der Waals surface area contributed by atoms with E-state index in [0.29, 0.717) is 0 Å². The van der Waals surface area contributed by atoms with Crippen molar-refractivity contribution in [2.24, 2.45) is 0 Å². The van der Waals surface area contributed by atoms with Crippen molar-refractivity contribution in [2.75, 3.05) is 13.1 Å². The third-order valence-electron chi connectivity index (χ3n) is 4.42. The van der Waals surface area contributed by atoms with Gasteiger partial charge < -0.3 is 0 Å². The van der Waals surface area contributed by atoms with Crippen LogP contribution in [0.3, 0.4) is 0 Å². The quantitative estimate of drug-likeness (QED) is 0.521. The molecule has 3 aromatic rings. The van der Waals surface area contributed by atoms with Crippen molar-refractivity contribution < 1.29 is 0 Å². The second-order valence-electron chi connectivity index (χ2n) is 6.55. The fourth-order valence-electron chi connectivity index (χ4n) is 3.07. The number of hydrogen-bond acceptors (Lipinski definition) is 2. The topological polar surface area (TPSA) is 3.24 Å². The van der Waals surface area contributed by atoms with E-state index >= 15 is 0 Å². The minimum atomic E-state index is 1.14. The molecule has 0 saturated carbocycles. The Kier molecular flexibility index (Phi) is 7.82. The Hall–Kier alpha value is -2.03. The van der Waals surface area contributed by atoms with Crippen molar-refractivity contribution in [1.82, 2.24) is 4.90 Å². The molecule has 0 N–H and O–H groups in total. The molecule has 1 fully saturated rings. The van der Waals surface area contributed by atoms with Gasteiger partial charge in [-0.2, -0.15) is 0 Å². The first kappa shape index (κ1) is 18.8. The number of benzene rings is 3. The van der Waals surface area contributed by atoms with Gasteiger partial charge in [0.2, 0.25) is 0 Å². The van der Waals surface area contributed by atoms with E-state index in [-0.39, 0.29) is 0 Å². The Morgan fingerprint density at radius 3 is 1.54 bits per heavy atom. The molecule has 0 aliphatic carbocycles. The molecule has 134 valence electrons. The van der Waals surface area contributed by atoms with Crippen molar-refractivity contribution in [2.45, 2.75) is 35.6 Å². The molecule has 0 atom stereocenters. The molecule has 1 nitrogen and oxygen atoms in total. The van der Waals surface area contributed by atoms with Gasteiger partial charge in [0.05, 0.1) is 0 Å². The molecule has 1 aliphatic rings. The number of rotatable bonds is 4. The van der Waals surface area contributed by atoms with Crippen LogP contribution < -0.4 is 0 Å². The molecule has 0 aromatic heterocycles. The van der Waals surface area contributed by atoms with E-state index < -0.39 is 0 Å². The molecule has 3 aromatic carbocycles. The average molecular weight is 362 g/mol. The van der Waals surface area contributed by atoms with E-state index in [0.717, 1.165) is 6.54 Å². The summed E-state index contributed by atoms with van der Waals surface area (Å²) >= 11 is 1.79. The van der Waals surface area contributed by atoms with Crippen molar-refractivity contribution in [3.05, 3.63) is 96.6 Å². The van der Waals surface area contributed by atoms with E-state index in [9.17, 15) is 0 Å². The summed E-state index contributed by atoms with van der Waals surface area (Å²) in [7, 11) is 0. The lowest BCUT2D eigenvalue weighted by Gasteiger charge is -2.26. The van der Waals surface area contributed by atoms with Gasteiger partial charge in [0.1, 0.15) is 0 Å². The third-order valence-corrected chi connectivity index (χ3v) is 5.44. The van der Waals surface area contributed by atoms with Crippen LogP contribution in [0.4, 0.5) is 0 Å². The van der Waals surface area contributed by atoms with Gasteiger partial charge in [-0.3, -0.25) is 4.90 Å². The summed E-state index contributed by atoms with van der Waals surface area (Å²) in [6.45, 7) is 3.71. The predicted molar refractivity (Wildman–Crippen MR) is 113 cm³/mol. The summed E-state index contributed by atoms with van der Waals surface area (Å²) in [5.74, 6) is 0. The van der Waals surface area contributed by atoms with Crippen LogP contribution in [-0.4, -0.2) is 18.0 Å². The van der Waals surface area contributed by atoms with Crippen molar-refractivity contribution in [3.63, 3.8) is 0 Å². The van der Waals surface area contributed by atoms with Crippen LogP contribution in [0.2, 0.25) is 0 Å². The van der Waals surface area contributed by atoms with Crippen molar-refractivity contribution >= 4 is 11.8 Å². The lowest BCUT2D eigenvalue weighted by Crippen LogP contribution is -2.28. The van der Waals surface area contributed by atoms with E-state index in [4.69, 9.17) is 0 Å². The summed E-state index contributed by atoms with van der Waals surface area (Å²) in [5.41, 5.74) is 1.45. The van der Waals surface area contributed by atoms with Crippen LogP contribution in [0.15, 0.2) is 101 Å². The Bertz CT molecular complexity index is 684. The van der Waals surface area contributed by atoms with Crippen molar-refractivity contribution in [3.8, 4) is 0 Å². The monoisotopic (exact) mass is 361 g/mol. The third kappa shape index (κ3) is 6.70. The Morgan fingerprint density at radius 2 is 1.04 bits per heavy atom. The molecular weight excluding hydrogens is 334 g/mol. The highest BCUT2D eigenvalue weighted by molar-refractivity contribution is 7.99. The van der Waals surface area contributed by atoms with Crippen LogP contribution in [0, 0.1) is 0 Å². The molecule has 0 unspecified atom stereocenters. The standard InChI is InChI=1S/C12H17N.C12H10S/c1-3-7-12(8-4-1)11-13-9-5-2-6-10-13;1-3-7-11(8-4-1)13-12-9-5-2-6-10-12/h1,3-4,7-8H,2,5-6,9-11H2;1-10H. The number of hydrogen-bond donors (Lipinski definition) is 0. The highest BCUT2D eigenvalue weighted by atomic mass is 32.2. The van der Waals surface area contributed by atoms with Gasteiger partial charge in [-0.15, -0.1) is 0 Å². The van der Waals surface area contributed by atoms with Gasteiger partial charge in [-0.05, 0) is 55.8 Å². The zero-order valence-corrected chi connectivity index (χ0v) is 16.1. The first-order chi connectivity index (χ1) is 12.9. The first-order valence-electron chi connectivity index (χ1n) is 9.44. The van der Waals surface area contributed by atoms with Crippen LogP contribution in [-0.2, 0) is 6.54 Å². The van der Waals surface area contributed by atoms with Crippen molar-refractivity contribution in [1.29, 1.82) is 0 Å². The summed E-state index contributed by atoms with van der Waals surface area (Å²) < 4.78 is 0. The molecule has 1 saturated heterocycles. The summed E-state index contributed by atoms with van der Waals surface area (Å²) in [6, 6.07) is 31.6. The maximum absolute atomic E-state index is 2.55. The Balaban J connectivity index is 0.000000151. The van der Waals surface area contributed by atoms with E-state index in [2.05, 4.69) is 83.8 Å². The molecule has 0 bridgehead atoms. The molecule has 2 heteroatoms. The van der Waals surface area contributed by atoms with Crippen LogP contribution in [0.25, 0.3) is 0 Å². The second-order valence-corrected chi connectivity index (χ2v) is 7.70. The van der Waals surface area contributed by atoms with Gasteiger partial charge in [0.25, 0.3) is 0 Å². The fraction of sp³-hybridized carbons (Fsp3) is 0.250. The minimum absolute atomic E-state index is 1.14. The maximum atomic E-state index is 2.55. The number of piperidine rings is 1. The minimum Gasteiger partial charge on any atom is -0.299 e. The first-order valence-corrected chi connectivity index (χ1v) is 10.3. The molecular formula is C24H27NS. The van der Waals surface area contributed by atoms with E-state index in [1.165, 1.54) is 47.7 Å².